The first-order chi connectivity index (χ1) is 17.5. The number of methoxy groups -OCH3 is 1. The van der Waals surface area contributed by atoms with Gasteiger partial charge in [0.15, 0.2) is 0 Å². The lowest BCUT2D eigenvalue weighted by Crippen LogP contribution is -2.35. The molecule has 3 N–H and O–H groups in total. The van der Waals surface area contributed by atoms with Crippen LogP contribution in [0.15, 0.2) is 60.8 Å². The summed E-state index contributed by atoms with van der Waals surface area (Å²) >= 11 is 2.25. The van der Waals surface area contributed by atoms with Crippen molar-refractivity contribution in [2.75, 3.05) is 30.8 Å². The molecule has 0 spiro atoms. The van der Waals surface area contributed by atoms with Crippen LogP contribution in [0.5, 0.6) is 5.75 Å². The quantitative estimate of drug-likeness (QED) is 0.148. The minimum atomic E-state index is -0.413. The highest BCUT2D eigenvalue weighted by atomic mass is 127. The van der Waals surface area contributed by atoms with Crippen molar-refractivity contribution < 1.29 is 14.3 Å². The number of carbonyl (C=O) groups excluding carboxylic acids is 2. The van der Waals surface area contributed by atoms with Crippen molar-refractivity contribution in [2.24, 2.45) is 0 Å². The summed E-state index contributed by atoms with van der Waals surface area (Å²) < 4.78 is 6.25. The predicted molar refractivity (Wildman–Crippen MR) is 150 cm³/mol. The number of piperidine rings is 1. The van der Waals surface area contributed by atoms with Crippen LogP contribution in [0.2, 0.25) is 0 Å². The third-order valence-electron chi connectivity index (χ3n) is 6.04. The molecule has 1 saturated heterocycles. The number of anilines is 2. The number of hydrogen-bond acceptors (Lipinski definition) is 5. The number of alkyl halides is 1. The van der Waals surface area contributed by atoms with Crippen LogP contribution in [0.3, 0.4) is 0 Å². The summed E-state index contributed by atoms with van der Waals surface area (Å²) in [5, 5.41) is 14.1. The monoisotopic (exact) mass is 597 g/mol. The number of likely N-dealkylation sites (tertiary alicyclic amines) is 1. The molecule has 1 fully saturated rings. The Morgan fingerprint density at radius 2 is 1.69 bits per heavy atom. The average molecular weight is 597 g/mol. The van der Waals surface area contributed by atoms with Gasteiger partial charge in [-0.05, 0) is 55.2 Å². The molecule has 3 aromatic rings. The predicted octanol–water partition coefficient (Wildman–Crippen LogP) is 5.34. The minimum Gasteiger partial charge on any atom is -0.495 e. The number of para-hydroxylation sites is 1. The van der Waals surface area contributed by atoms with Gasteiger partial charge in [0.1, 0.15) is 17.4 Å². The Morgan fingerprint density at radius 3 is 2.33 bits per heavy atom. The van der Waals surface area contributed by atoms with Gasteiger partial charge in [-0.2, -0.15) is 0 Å². The lowest BCUT2D eigenvalue weighted by Gasteiger charge is -2.29. The first kappa shape index (κ1) is 25.6. The van der Waals surface area contributed by atoms with Crippen LogP contribution >= 0.6 is 22.6 Å². The van der Waals surface area contributed by atoms with Gasteiger partial charge in [0, 0.05) is 34.8 Å². The third kappa shape index (κ3) is 6.01. The standard InChI is InChI=1S/C27H28IN5O3/c1-36-22-7-5-6-21(27(35)31-23-13-8-18(16-28)17-30-23)24(22)32-26(34)20-11-9-19(10-12-20)25(29)33-14-3-2-4-15-33/h5-13,17,29H,2-4,14-16H2,1H3,(H,32,34)(H,30,31,35). The number of amides is 2. The molecule has 186 valence electrons. The van der Waals surface area contributed by atoms with E-state index < -0.39 is 5.91 Å². The number of ether oxygens (including phenoxy) is 1. The smallest absolute Gasteiger partial charge is 0.259 e. The van der Waals surface area contributed by atoms with Crippen molar-refractivity contribution in [2.45, 2.75) is 23.7 Å². The summed E-state index contributed by atoms with van der Waals surface area (Å²) in [7, 11) is 1.48. The van der Waals surface area contributed by atoms with Crippen LogP contribution in [0, 0.1) is 5.41 Å². The molecule has 36 heavy (non-hydrogen) atoms. The summed E-state index contributed by atoms with van der Waals surface area (Å²) in [4.78, 5) is 32.5. The number of nitrogens with zero attached hydrogens (tertiary/aromatic N) is 2. The molecule has 9 heteroatoms. The first-order valence-electron chi connectivity index (χ1n) is 11.7. The Kier molecular flexibility index (Phi) is 8.52. The summed E-state index contributed by atoms with van der Waals surface area (Å²) in [5.41, 5.74) is 2.77. The van der Waals surface area contributed by atoms with E-state index in [9.17, 15) is 9.59 Å². The van der Waals surface area contributed by atoms with Crippen LogP contribution in [-0.4, -0.2) is 47.7 Å². The van der Waals surface area contributed by atoms with E-state index in [4.69, 9.17) is 10.1 Å². The number of rotatable bonds is 7. The van der Waals surface area contributed by atoms with Gasteiger partial charge in [0.25, 0.3) is 11.8 Å². The lowest BCUT2D eigenvalue weighted by atomic mass is 10.1. The summed E-state index contributed by atoms with van der Waals surface area (Å²) in [6.07, 6.45) is 5.10. The Labute approximate surface area is 224 Å². The zero-order valence-electron chi connectivity index (χ0n) is 20.0. The topological polar surface area (TPSA) is 107 Å². The maximum absolute atomic E-state index is 13.1. The lowest BCUT2D eigenvalue weighted by molar-refractivity contribution is 0.102. The number of hydrogen-bond donors (Lipinski definition) is 3. The number of amidine groups is 1. The molecule has 8 nitrogen and oxygen atoms in total. The molecule has 2 amide bonds. The van der Waals surface area contributed by atoms with Gasteiger partial charge in [-0.1, -0.05) is 46.9 Å². The van der Waals surface area contributed by atoms with Crippen molar-refractivity contribution in [3.05, 3.63) is 83.0 Å². The average Bonchev–Trinajstić information content (AvgIpc) is 2.93. The molecular formula is C27H28IN5O3. The largest absolute Gasteiger partial charge is 0.495 e. The molecule has 0 bridgehead atoms. The second kappa shape index (κ2) is 12.0. The maximum Gasteiger partial charge on any atom is 0.259 e. The van der Waals surface area contributed by atoms with E-state index in [0.29, 0.717) is 23.0 Å². The number of carbonyl (C=O) groups is 2. The van der Waals surface area contributed by atoms with E-state index in [1.807, 2.05) is 6.07 Å². The highest BCUT2D eigenvalue weighted by Crippen LogP contribution is 2.29. The third-order valence-corrected chi connectivity index (χ3v) is 6.92. The zero-order valence-corrected chi connectivity index (χ0v) is 22.2. The van der Waals surface area contributed by atoms with Crippen LogP contribution in [0.25, 0.3) is 0 Å². The molecule has 1 aliphatic heterocycles. The Balaban J connectivity index is 1.51. The fourth-order valence-corrected chi connectivity index (χ4v) is 4.50. The number of nitrogens with one attached hydrogen (secondary N) is 3. The molecule has 1 aliphatic rings. The fraction of sp³-hybridized carbons (Fsp3) is 0.259. The molecule has 0 radical (unpaired) electrons. The molecule has 2 heterocycles. The number of aromatic nitrogens is 1. The highest BCUT2D eigenvalue weighted by Gasteiger charge is 2.20. The SMILES string of the molecule is COc1cccc(C(=O)Nc2ccc(CI)cn2)c1NC(=O)c1ccc(C(=N)N2CCCCC2)cc1. The van der Waals surface area contributed by atoms with Gasteiger partial charge in [-0.15, -0.1) is 0 Å². The van der Waals surface area contributed by atoms with E-state index in [1.54, 1.807) is 54.7 Å². The van der Waals surface area contributed by atoms with Gasteiger partial charge in [-0.25, -0.2) is 4.98 Å². The van der Waals surface area contributed by atoms with Crippen LogP contribution in [0.4, 0.5) is 11.5 Å². The number of benzene rings is 2. The minimum absolute atomic E-state index is 0.256. The van der Waals surface area contributed by atoms with Gasteiger partial charge < -0.3 is 20.3 Å². The maximum atomic E-state index is 13.1. The van der Waals surface area contributed by atoms with E-state index in [0.717, 1.165) is 41.5 Å². The van der Waals surface area contributed by atoms with E-state index in [2.05, 4.69) is 43.1 Å². The van der Waals surface area contributed by atoms with Crippen molar-refractivity contribution in [3.63, 3.8) is 0 Å². The van der Waals surface area contributed by atoms with Crippen molar-refractivity contribution in [3.8, 4) is 5.75 Å². The fourth-order valence-electron chi connectivity index (χ4n) is 4.05. The van der Waals surface area contributed by atoms with Gasteiger partial charge in [-0.3, -0.25) is 15.0 Å². The first-order valence-corrected chi connectivity index (χ1v) is 13.3. The summed E-state index contributed by atoms with van der Waals surface area (Å²) in [5.74, 6) is 0.469. The van der Waals surface area contributed by atoms with Crippen LogP contribution < -0.4 is 15.4 Å². The molecular weight excluding hydrogens is 569 g/mol. The summed E-state index contributed by atoms with van der Waals surface area (Å²) in [6.45, 7) is 1.77. The molecule has 0 atom stereocenters. The normalized spacial score (nSPS) is 13.1. The Morgan fingerprint density at radius 1 is 0.972 bits per heavy atom. The van der Waals surface area contributed by atoms with E-state index >= 15 is 0 Å². The van der Waals surface area contributed by atoms with Crippen molar-refractivity contribution in [1.82, 2.24) is 9.88 Å². The zero-order chi connectivity index (χ0) is 25.5. The van der Waals surface area contributed by atoms with E-state index in [-0.39, 0.29) is 17.2 Å². The molecule has 4 rings (SSSR count). The molecule has 0 unspecified atom stereocenters. The second-order valence-electron chi connectivity index (χ2n) is 8.45. The highest BCUT2D eigenvalue weighted by molar-refractivity contribution is 14.1. The van der Waals surface area contributed by atoms with Gasteiger partial charge >= 0.3 is 0 Å². The molecule has 1 aromatic heterocycles. The van der Waals surface area contributed by atoms with Gasteiger partial charge in [0.05, 0.1) is 18.4 Å². The Bertz CT molecular complexity index is 1240. The molecule has 2 aromatic carbocycles. The number of halogens is 1. The van der Waals surface area contributed by atoms with Gasteiger partial charge in [0.2, 0.25) is 0 Å². The Hall–Kier alpha value is -3.47. The molecule has 0 saturated carbocycles. The molecule has 0 aliphatic carbocycles. The summed E-state index contributed by atoms with van der Waals surface area (Å²) in [6, 6.07) is 15.6. The van der Waals surface area contributed by atoms with Crippen molar-refractivity contribution >= 4 is 51.7 Å². The van der Waals surface area contributed by atoms with Crippen molar-refractivity contribution in [1.29, 1.82) is 5.41 Å². The number of pyridine rings is 1. The van der Waals surface area contributed by atoms with Crippen LogP contribution in [0.1, 0.15) is 51.1 Å². The van der Waals surface area contributed by atoms with Crippen LogP contribution in [-0.2, 0) is 4.43 Å². The second-order valence-corrected chi connectivity index (χ2v) is 9.21. The van der Waals surface area contributed by atoms with E-state index in [1.165, 1.54) is 13.5 Å².